The van der Waals surface area contributed by atoms with Gasteiger partial charge in [0.2, 0.25) is 5.89 Å². The zero-order chi connectivity index (χ0) is 10.4. The Morgan fingerprint density at radius 2 is 2.29 bits per heavy atom. The van der Waals surface area contributed by atoms with Crippen molar-refractivity contribution < 1.29 is 4.52 Å². The van der Waals surface area contributed by atoms with Crippen LogP contribution in [0.3, 0.4) is 0 Å². The van der Waals surface area contributed by atoms with E-state index in [1.165, 1.54) is 0 Å². The number of hydrogen-bond acceptors (Lipinski definition) is 4. The monoisotopic (exact) mass is 193 g/mol. The van der Waals surface area contributed by atoms with Crippen LogP contribution in [-0.4, -0.2) is 10.1 Å². The zero-order valence-electron chi connectivity index (χ0n) is 8.66. The fourth-order valence-corrected chi connectivity index (χ4v) is 1.16. The van der Waals surface area contributed by atoms with Crippen LogP contribution in [0.5, 0.6) is 0 Å². The van der Waals surface area contributed by atoms with Gasteiger partial charge < -0.3 is 4.52 Å². The molecule has 1 aromatic rings. The number of nitriles is 1. The smallest absolute Gasteiger partial charge is 0.226 e. The third-order valence-electron chi connectivity index (χ3n) is 1.78. The Hall–Kier alpha value is -1.37. The van der Waals surface area contributed by atoms with Crippen LogP contribution in [0.4, 0.5) is 0 Å². The van der Waals surface area contributed by atoms with E-state index in [-0.39, 0.29) is 0 Å². The van der Waals surface area contributed by atoms with Crippen molar-refractivity contribution in [3.8, 4) is 6.07 Å². The first-order valence-corrected chi connectivity index (χ1v) is 4.90. The lowest BCUT2D eigenvalue weighted by molar-refractivity contribution is 0.369. The van der Waals surface area contributed by atoms with E-state index >= 15 is 0 Å². The largest absolute Gasteiger partial charge is 0.339 e. The van der Waals surface area contributed by atoms with Crippen molar-refractivity contribution >= 4 is 0 Å². The summed E-state index contributed by atoms with van der Waals surface area (Å²) in [7, 11) is 0. The number of unbranched alkanes of at least 4 members (excludes halogenated alkanes) is 1. The summed E-state index contributed by atoms with van der Waals surface area (Å²) in [5.41, 5.74) is 0. The molecule has 0 unspecified atom stereocenters. The number of rotatable bonds is 5. The number of hydrogen-bond donors (Lipinski definition) is 0. The molecule has 0 aromatic carbocycles. The van der Waals surface area contributed by atoms with E-state index in [0.717, 1.165) is 18.7 Å². The average Bonchev–Trinajstić information content (AvgIpc) is 2.52. The third-order valence-corrected chi connectivity index (χ3v) is 1.78. The number of aryl methyl sites for hydroxylation is 1. The Labute approximate surface area is 83.9 Å². The minimum Gasteiger partial charge on any atom is -0.339 e. The van der Waals surface area contributed by atoms with Gasteiger partial charge in [0.05, 0.1) is 6.07 Å². The minimum absolute atomic E-state index is 0.541. The Kier molecular flexibility index (Phi) is 4.11. The lowest BCUT2D eigenvalue weighted by atomic mass is 10.1. The van der Waals surface area contributed by atoms with Crippen LogP contribution in [0, 0.1) is 17.2 Å². The second-order valence-corrected chi connectivity index (χ2v) is 3.71. The highest BCUT2D eigenvalue weighted by Crippen LogP contribution is 2.06. The van der Waals surface area contributed by atoms with Crippen molar-refractivity contribution in [2.75, 3.05) is 0 Å². The first-order chi connectivity index (χ1) is 6.72. The van der Waals surface area contributed by atoms with Gasteiger partial charge in [0.25, 0.3) is 0 Å². The predicted molar refractivity (Wildman–Crippen MR) is 51.4 cm³/mol. The molecule has 1 aromatic heterocycles. The summed E-state index contributed by atoms with van der Waals surface area (Å²) in [6, 6.07) is 2.09. The molecule has 0 aliphatic rings. The molecule has 0 fully saturated rings. The van der Waals surface area contributed by atoms with Crippen molar-refractivity contribution in [3.63, 3.8) is 0 Å². The van der Waals surface area contributed by atoms with Crippen molar-refractivity contribution in [1.29, 1.82) is 5.26 Å². The summed E-state index contributed by atoms with van der Waals surface area (Å²) in [5.74, 6) is 1.96. The minimum atomic E-state index is 0.541. The topological polar surface area (TPSA) is 62.7 Å². The van der Waals surface area contributed by atoms with Crippen molar-refractivity contribution in [1.82, 2.24) is 10.1 Å². The Balaban J connectivity index is 2.39. The van der Waals surface area contributed by atoms with Gasteiger partial charge in [-0.15, -0.1) is 0 Å². The fraction of sp³-hybridized carbons (Fsp3) is 0.700. The van der Waals surface area contributed by atoms with Gasteiger partial charge in [-0.05, 0) is 12.3 Å². The number of aromatic nitrogens is 2. The van der Waals surface area contributed by atoms with Crippen LogP contribution in [0.15, 0.2) is 4.52 Å². The summed E-state index contributed by atoms with van der Waals surface area (Å²) in [4.78, 5) is 4.24. The lowest BCUT2D eigenvalue weighted by Gasteiger charge is -1.95. The fourth-order valence-electron chi connectivity index (χ4n) is 1.16. The van der Waals surface area contributed by atoms with Gasteiger partial charge in [-0.3, -0.25) is 0 Å². The summed E-state index contributed by atoms with van der Waals surface area (Å²) in [6.07, 6.45) is 2.89. The molecular weight excluding hydrogens is 178 g/mol. The third kappa shape index (κ3) is 3.56. The van der Waals surface area contributed by atoms with Crippen LogP contribution in [0.2, 0.25) is 0 Å². The van der Waals surface area contributed by atoms with Crippen LogP contribution < -0.4 is 0 Å². The van der Waals surface area contributed by atoms with Gasteiger partial charge >= 0.3 is 0 Å². The molecule has 0 bridgehead atoms. The summed E-state index contributed by atoms with van der Waals surface area (Å²) in [5, 5.41) is 12.2. The summed E-state index contributed by atoms with van der Waals surface area (Å²) >= 11 is 0. The van der Waals surface area contributed by atoms with Crippen LogP contribution in [-0.2, 0) is 12.8 Å². The second kappa shape index (κ2) is 5.38. The maximum Gasteiger partial charge on any atom is 0.226 e. The lowest BCUT2D eigenvalue weighted by Crippen LogP contribution is -1.96. The SMILES string of the molecule is CC(C)Cc1noc(CCCC#N)n1. The Morgan fingerprint density at radius 1 is 1.50 bits per heavy atom. The quantitative estimate of drug-likeness (QED) is 0.672. The Bertz CT molecular complexity index is 311. The van der Waals surface area contributed by atoms with Crippen LogP contribution >= 0.6 is 0 Å². The van der Waals surface area contributed by atoms with E-state index < -0.39 is 0 Å². The molecule has 0 radical (unpaired) electrons. The molecule has 0 aliphatic carbocycles. The van der Waals surface area contributed by atoms with E-state index in [0.29, 0.717) is 24.7 Å². The molecule has 0 N–H and O–H groups in total. The molecule has 76 valence electrons. The van der Waals surface area contributed by atoms with Crippen molar-refractivity contribution in [2.24, 2.45) is 5.92 Å². The van der Waals surface area contributed by atoms with E-state index in [1.54, 1.807) is 0 Å². The van der Waals surface area contributed by atoms with E-state index in [2.05, 4.69) is 30.1 Å². The first kappa shape index (κ1) is 10.7. The van der Waals surface area contributed by atoms with E-state index in [1.807, 2.05) is 0 Å². The van der Waals surface area contributed by atoms with Gasteiger partial charge in [-0.1, -0.05) is 19.0 Å². The maximum atomic E-state index is 8.35. The normalized spacial score (nSPS) is 10.4. The summed E-state index contributed by atoms with van der Waals surface area (Å²) in [6.45, 7) is 4.23. The molecule has 1 rings (SSSR count). The van der Waals surface area contributed by atoms with Crippen molar-refractivity contribution in [3.05, 3.63) is 11.7 Å². The Morgan fingerprint density at radius 3 is 2.93 bits per heavy atom. The van der Waals surface area contributed by atoms with E-state index in [9.17, 15) is 0 Å². The van der Waals surface area contributed by atoms with Crippen LogP contribution in [0.1, 0.15) is 38.4 Å². The standard InChI is InChI=1S/C10H15N3O/c1-8(2)7-9-12-10(14-13-9)5-3-4-6-11/h8H,3-5,7H2,1-2H3. The molecule has 1 heterocycles. The molecule has 0 spiro atoms. The van der Waals surface area contributed by atoms with Gasteiger partial charge in [-0.2, -0.15) is 10.2 Å². The van der Waals surface area contributed by atoms with Crippen LogP contribution in [0.25, 0.3) is 0 Å². The molecule has 0 atom stereocenters. The highest BCUT2D eigenvalue weighted by Gasteiger charge is 2.07. The molecule has 0 saturated carbocycles. The molecule has 14 heavy (non-hydrogen) atoms. The molecule has 4 heteroatoms. The van der Waals surface area contributed by atoms with E-state index in [4.69, 9.17) is 9.78 Å². The average molecular weight is 193 g/mol. The van der Waals surface area contributed by atoms with Gasteiger partial charge in [0, 0.05) is 19.3 Å². The molecule has 0 saturated heterocycles. The van der Waals surface area contributed by atoms with Gasteiger partial charge in [0.1, 0.15) is 0 Å². The van der Waals surface area contributed by atoms with Gasteiger partial charge in [0.15, 0.2) is 5.82 Å². The highest BCUT2D eigenvalue weighted by molar-refractivity contribution is 4.88. The molecule has 4 nitrogen and oxygen atoms in total. The highest BCUT2D eigenvalue weighted by atomic mass is 16.5. The molecule has 0 aliphatic heterocycles. The summed E-state index contributed by atoms with van der Waals surface area (Å²) < 4.78 is 5.04. The molecular formula is C10H15N3O. The maximum absolute atomic E-state index is 8.35. The first-order valence-electron chi connectivity index (χ1n) is 4.90. The van der Waals surface area contributed by atoms with Crippen molar-refractivity contribution in [2.45, 2.75) is 39.5 Å². The zero-order valence-corrected chi connectivity index (χ0v) is 8.66. The van der Waals surface area contributed by atoms with Gasteiger partial charge in [-0.25, -0.2) is 0 Å². The predicted octanol–water partition coefficient (Wildman–Crippen LogP) is 2.11. The number of nitrogens with zero attached hydrogens (tertiary/aromatic N) is 3. The molecule has 0 amide bonds. The second-order valence-electron chi connectivity index (χ2n) is 3.71.